The number of rotatable bonds is 5. The number of hydrogen-bond donors (Lipinski definition) is 2. The first-order chi connectivity index (χ1) is 14.3. The predicted molar refractivity (Wildman–Crippen MR) is 108 cm³/mol. The average Bonchev–Trinajstić information content (AvgIpc) is 3.04. The van der Waals surface area contributed by atoms with Crippen LogP contribution in [0.5, 0.6) is 5.75 Å². The van der Waals surface area contributed by atoms with Crippen molar-refractivity contribution in [2.24, 2.45) is 0 Å². The zero-order valence-electron chi connectivity index (χ0n) is 16.2. The number of aromatic nitrogens is 1. The first kappa shape index (κ1) is 20.6. The molecule has 9 heteroatoms. The van der Waals surface area contributed by atoms with Gasteiger partial charge in [0.15, 0.2) is 0 Å². The van der Waals surface area contributed by atoms with Crippen LogP contribution in [-0.2, 0) is 6.61 Å². The smallest absolute Gasteiger partial charge is 0.280 e. The summed E-state index contributed by atoms with van der Waals surface area (Å²) in [5, 5.41) is 6.15. The number of halogens is 3. The van der Waals surface area contributed by atoms with Crippen LogP contribution in [0.1, 0.15) is 28.1 Å². The number of carbonyl (C=O) groups excluding carboxylic acids is 1. The minimum absolute atomic E-state index is 0.147. The molecule has 1 fully saturated rings. The van der Waals surface area contributed by atoms with Crippen LogP contribution in [-0.4, -0.2) is 35.9 Å². The number of hydrogen-bond acceptors (Lipinski definition) is 5. The van der Waals surface area contributed by atoms with Crippen LogP contribution >= 0.6 is 11.6 Å². The number of carbonyl (C=O) groups is 1. The third-order valence-corrected chi connectivity index (χ3v) is 5.46. The van der Waals surface area contributed by atoms with Gasteiger partial charge in [0.25, 0.3) is 11.8 Å². The quantitative estimate of drug-likeness (QED) is 0.631. The molecule has 1 saturated heterocycles. The molecule has 6 nitrogen and oxygen atoms in total. The van der Waals surface area contributed by atoms with Gasteiger partial charge in [0.2, 0.25) is 0 Å². The van der Waals surface area contributed by atoms with Crippen LogP contribution in [0, 0.1) is 6.92 Å². The molecule has 0 radical (unpaired) electrons. The number of furan rings is 1. The van der Waals surface area contributed by atoms with Gasteiger partial charge in [-0.25, -0.2) is 8.78 Å². The van der Waals surface area contributed by atoms with Crippen molar-refractivity contribution in [1.82, 2.24) is 15.6 Å². The van der Waals surface area contributed by atoms with Crippen molar-refractivity contribution in [3.63, 3.8) is 0 Å². The Hall–Kier alpha value is -2.71. The number of piperidine rings is 1. The molecule has 0 aliphatic carbocycles. The topological polar surface area (TPSA) is 76.4 Å². The number of nitrogens with zero attached hydrogens (tertiary/aromatic N) is 1. The van der Waals surface area contributed by atoms with Gasteiger partial charge >= 0.3 is 0 Å². The molecule has 2 N–H and O–H groups in total. The van der Waals surface area contributed by atoms with E-state index in [2.05, 4.69) is 15.6 Å². The normalized spacial score (nSPS) is 18.3. The summed E-state index contributed by atoms with van der Waals surface area (Å²) in [6.07, 6.45) is 3.34. The van der Waals surface area contributed by atoms with Gasteiger partial charge in [0.1, 0.15) is 23.7 Å². The summed E-state index contributed by atoms with van der Waals surface area (Å²) in [4.78, 5) is 16.9. The van der Waals surface area contributed by atoms with Crippen molar-refractivity contribution in [2.45, 2.75) is 31.9 Å². The number of ether oxygens (including phenoxy) is 1. The SMILES string of the molecule is Cc1oc2ccc(OCc3cnccc3Cl)cc2c1C(=O)NC1CCNCC1(F)F. The molecular formula is C21H20ClF2N3O3. The van der Waals surface area contributed by atoms with Crippen molar-refractivity contribution in [1.29, 1.82) is 0 Å². The number of amides is 1. The molecular weight excluding hydrogens is 416 g/mol. The first-order valence-corrected chi connectivity index (χ1v) is 9.87. The molecule has 30 heavy (non-hydrogen) atoms. The van der Waals surface area contributed by atoms with E-state index in [-0.39, 0.29) is 18.6 Å². The van der Waals surface area contributed by atoms with E-state index < -0.39 is 24.4 Å². The van der Waals surface area contributed by atoms with E-state index in [1.54, 1.807) is 43.6 Å². The molecule has 1 amide bonds. The fourth-order valence-electron chi connectivity index (χ4n) is 3.49. The van der Waals surface area contributed by atoms with E-state index in [0.717, 1.165) is 0 Å². The van der Waals surface area contributed by atoms with E-state index in [4.69, 9.17) is 20.8 Å². The maximum absolute atomic E-state index is 14.1. The summed E-state index contributed by atoms with van der Waals surface area (Å²) in [5.41, 5.74) is 1.42. The fraction of sp³-hybridized carbons (Fsp3) is 0.333. The molecule has 0 saturated carbocycles. The van der Waals surface area contributed by atoms with Crippen molar-refractivity contribution in [3.05, 3.63) is 58.6 Å². The Labute approximate surface area is 176 Å². The van der Waals surface area contributed by atoms with Gasteiger partial charge in [-0.15, -0.1) is 0 Å². The first-order valence-electron chi connectivity index (χ1n) is 9.49. The van der Waals surface area contributed by atoms with Gasteiger partial charge in [0, 0.05) is 23.3 Å². The lowest BCUT2D eigenvalue weighted by molar-refractivity contribution is -0.0487. The van der Waals surface area contributed by atoms with Crippen molar-refractivity contribution < 1.29 is 22.7 Å². The van der Waals surface area contributed by atoms with Gasteiger partial charge < -0.3 is 19.8 Å². The maximum Gasteiger partial charge on any atom is 0.280 e. The van der Waals surface area contributed by atoms with Gasteiger partial charge in [-0.05, 0) is 44.2 Å². The third kappa shape index (κ3) is 4.11. The summed E-state index contributed by atoms with van der Waals surface area (Å²) < 4.78 is 39.6. The van der Waals surface area contributed by atoms with Gasteiger partial charge in [-0.2, -0.15) is 0 Å². The Morgan fingerprint density at radius 1 is 1.43 bits per heavy atom. The Morgan fingerprint density at radius 2 is 2.27 bits per heavy atom. The van der Waals surface area contributed by atoms with Crippen LogP contribution in [0.4, 0.5) is 8.78 Å². The summed E-state index contributed by atoms with van der Waals surface area (Å²) in [6, 6.07) is 5.48. The lowest BCUT2D eigenvalue weighted by atomic mass is 10.0. The van der Waals surface area contributed by atoms with E-state index in [1.807, 2.05) is 0 Å². The Morgan fingerprint density at radius 3 is 3.03 bits per heavy atom. The lowest BCUT2D eigenvalue weighted by Gasteiger charge is -2.32. The lowest BCUT2D eigenvalue weighted by Crippen LogP contribution is -2.57. The Bertz CT molecular complexity index is 1090. The van der Waals surface area contributed by atoms with Crippen LogP contribution in [0.15, 0.2) is 41.1 Å². The second-order valence-electron chi connectivity index (χ2n) is 7.20. The van der Waals surface area contributed by atoms with Crippen molar-refractivity contribution in [3.8, 4) is 5.75 Å². The predicted octanol–water partition coefficient (Wildman–Crippen LogP) is 4.10. The highest BCUT2D eigenvalue weighted by Crippen LogP contribution is 2.31. The number of alkyl halides is 2. The second-order valence-corrected chi connectivity index (χ2v) is 7.61. The number of fused-ring (bicyclic) bond motifs is 1. The Balaban J connectivity index is 1.57. The monoisotopic (exact) mass is 435 g/mol. The summed E-state index contributed by atoms with van der Waals surface area (Å²) in [5.74, 6) is -2.76. The van der Waals surface area contributed by atoms with Crippen LogP contribution in [0.2, 0.25) is 5.02 Å². The highest BCUT2D eigenvalue weighted by atomic mass is 35.5. The number of nitrogens with one attached hydrogen (secondary N) is 2. The van der Waals surface area contributed by atoms with Gasteiger partial charge in [-0.1, -0.05) is 11.6 Å². The molecule has 3 aromatic rings. The maximum atomic E-state index is 14.1. The summed E-state index contributed by atoms with van der Waals surface area (Å²) >= 11 is 6.12. The van der Waals surface area contributed by atoms with E-state index >= 15 is 0 Å². The number of aryl methyl sites for hydroxylation is 1. The van der Waals surface area contributed by atoms with Crippen LogP contribution in [0.3, 0.4) is 0 Å². The standard InChI is InChI=1S/C21H20ClF2N3O3/c1-12-19(20(28)27-18-5-7-26-11-21(18,23)24)15-8-14(2-3-17(15)30-12)29-10-13-9-25-6-4-16(13)22/h2-4,6,8-9,18,26H,5,7,10-11H2,1H3,(H,27,28). The fourth-order valence-corrected chi connectivity index (χ4v) is 3.65. The summed E-state index contributed by atoms with van der Waals surface area (Å²) in [7, 11) is 0. The molecule has 1 unspecified atom stereocenters. The van der Waals surface area contributed by atoms with Gasteiger partial charge in [0.05, 0.1) is 23.2 Å². The minimum atomic E-state index is -3.02. The molecule has 158 valence electrons. The minimum Gasteiger partial charge on any atom is -0.489 e. The molecule has 1 atom stereocenters. The molecule has 3 heterocycles. The van der Waals surface area contributed by atoms with Crippen molar-refractivity contribution >= 4 is 28.5 Å². The molecule has 2 aromatic heterocycles. The summed E-state index contributed by atoms with van der Waals surface area (Å²) in [6.45, 7) is 1.78. The molecule has 1 aliphatic heterocycles. The third-order valence-electron chi connectivity index (χ3n) is 5.09. The van der Waals surface area contributed by atoms with Crippen LogP contribution < -0.4 is 15.4 Å². The van der Waals surface area contributed by atoms with Crippen LogP contribution in [0.25, 0.3) is 11.0 Å². The van der Waals surface area contributed by atoms with Crippen molar-refractivity contribution in [2.75, 3.05) is 13.1 Å². The number of pyridine rings is 1. The van der Waals surface area contributed by atoms with E-state index in [1.165, 1.54) is 0 Å². The second kappa shape index (κ2) is 8.20. The van der Waals surface area contributed by atoms with E-state index in [0.29, 0.717) is 39.6 Å². The average molecular weight is 436 g/mol. The molecule has 1 aromatic carbocycles. The highest BCUT2D eigenvalue weighted by molar-refractivity contribution is 6.31. The zero-order valence-corrected chi connectivity index (χ0v) is 16.9. The largest absolute Gasteiger partial charge is 0.489 e. The molecule has 0 spiro atoms. The molecule has 0 bridgehead atoms. The Kier molecular flexibility index (Phi) is 5.62. The highest BCUT2D eigenvalue weighted by Gasteiger charge is 2.42. The van der Waals surface area contributed by atoms with E-state index in [9.17, 15) is 13.6 Å². The number of benzene rings is 1. The van der Waals surface area contributed by atoms with Gasteiger partial charge in [-0.3, -0.25) is 9.78 Å². The molecule has 4 rings (SSSR count). The molecule has 1 aliphatic rings. The zero-order chi connectivity index (χ0) is 21.3.